The Hall–Kier alpha value is -2.07. The Bertz CT molecular complexity index is 777. The maximum atomic E-state index is 13.8. The Morgan fingerprint density at radius 3 is 2.55 bits per heavy atom. The first kappa shape index (κ1) is 12.9. The highest BCUT2D eigenvalue weighted by atomic mass is 32.2. The van der Waals surface area contributed by atoms with E-state index in [1.165, 1.54) is 6.07 Å². The molecule has 3 aromatic rings. The van der Waals surface area contributed by atoms with Crippen LogP contribution in [0.4, 0.5) is 4.39 Å². The van der Waals surface area contributed by atoms with Gasteiger partial charge < -0.3 is 4.98 Å². The predicted molar refractivity (Wildman–Crippen MR) is 80.9 cm³/mol. The van der Waals surface area contributed by atoms with Gasteiger partial charge in [-0.05, 0) is 30.0 Å². The molecule has 20 heavy (non-hydrogen) atoms. The van der Waals surface area contributed by atoms with Crippen LogP contribution >= 0.6 is 11.8 Å². The van der Waals surface area contributed by atoms with E-state index in [1.54, 1.807) is 23.9 Å². The summed E-state index contributed by atoms with van der Waals surface area (Å²) >= 11 is 1.65. The number of benzene rings is 2. The number of para-hydroxylation sites is 1. The van der Waals surface area contributed by atoms with Crippen LogP contribution in [0.15, 0.2) is 47.4 Å². The molecule has 0 unspecified atom stereocenters. The molecule has 0 saturated carbocycles. The van der Waals surface area contributed by atoms with E-state index >= 15 is 0 Å². The zero-order valence-corrected chi connectivity index (χ0v) is 11.6. The molecule has 1 aromatic heterocycles. The number of aromatic nitrogens is 1. The Labute approximate surface area is 120 Å². The molecule has 1 N–H and O–H groups in total. The Kier molecular flexibility index (Phi) is 3.32. The van der Waals surface area contributed by atoms with Gasteiger partial charge in [-0.2, -0.15) is 0 Å². The third kappa shape index (κ3) is 2.02. The van der Waals surface area contributed by atoms with Gasteiger partial charge in [-0.3, -0.25) is 4.79 Å². The van der Waals surface area contributed by atoms with E-state index in [0.717, 1.165) is 16.7 Å². The van der Waals surface area contributed by atoms with Crippen LogP contribution in [-0.2, 0) is 0 Å². The van der Waals surface area contributed by atoms with Crippen molar-refractivity contribution in [3.63, 3.8) is 0 Å². The lowest BCUT2D eigenvalue weighted by atomic mass is 10.1. The molecule has 0 radical (unpaired) electrons. The Balaban J connectivity index is 2.24. The molecule has 3 rings (SSSR count). The molecule has 0 aliphatic carbocycles. The van der Waals surface area contributed by atoms with Crippen molar-refractivity contribution in [2.75, 3.05) is 6.26 Å². The van der Waals surface area contributed by atoms with Gasteiger partial charge in [0.15, 0.2) is 6.29 Å². The number of carbonyl (C=O) groups is 1. The van der Waals surface area contributed by atoms with Crippen LogP contribution < -0.4 is 0 Å². The van der Waals surface area contributed by atoms with Crippen molar-refractivity contribution in [2.24, 2.45) is 0 Å². The molecule has 0 spiro atoms. The summed E-state index contributed by atoms with van der Waals surface area (Å²) in [6.07, 6.45) is 2.78. The summed E-state index contributed by atoms with van der Waals surface area (Å²) < 4.78 is 13.8. The number of hydrogen-bond acceptors (Lipinski definition) is 2. The standard InChI is InChI=1S/C16H12FNOS/c1-20-11-7-5-10(6-8-11)15-13(9-19)12-3-2-4-14(17)16(12)18-15/h2-9,18H,1H3. The maximum absolute atomic E-state index is 13.8. The minimum Gasteiger partial charge on any atom is -0.352 e. The first-order valence-electron chi connectivity index (χ1n) is 6.14. The van der Waals surface area contributed by atoms with E-state index in [-0.39, 0.29) is 5.82 Å². The van der Waals surface area contributed by atoms with Gasteiger partial charge in [0.1, 0.15) is 5.82 Å². The zero-order chi connectivity index (χ0) is 14.1. The number of carbonyl (C=O) groups excluding carboxylic acids is 1. The molecule has 100 valence electrons. The molecule has 0 atom stereocenters. The van der Waals surface area contributed by atoms with Gasteiger partial charge in [0, 0.05) is 15.8 Å². The van der Waals surface area contributed by atoms with E-state index in [9.17, 15) is 9.18 Å². The number of aromatic amines is 1. The predicted octanol–water partition coefficient (Wildman–Crippen LogP) is 4.51. The van der Waals surface area contributed by atoms with E-state index in [2.05, 4.69) is 4.98 Å². The van der Waals surface area contributed by atoms with E-state index in [1.807, 2.05) is 30.5 Å². The molecule has 0 fully saturated rings. The molecule has 0 aliphatic rings. The van der Waals surface area contributed by atoms with Crippen molar-refractivity contribution < 1.29 is 9.18 Å². The molecular weight excluding hydrogens is 273 g/mol. The first-order chi connectivity index (χ1) is 9.74. The van der Waals surface area contributed by atoms with Gasteiger partial charge in [-0.1, -0.05) is 24.3 Å². The largest absolute Gasteiger partial charge is 0.352 e. The molecule has 0 saturated heterocycles. The summed E-state index contributed by atoms with van der Waals surface area (Å²) in [5.74, 6) is -0.349. The zero-order valence-electron chi connectivity index (χ0n) is 10.8. The van der Waals surface area contributed by atoms with Crippen LogP contribution in [0.1, 0.15) is 10.4 Å². The summed E-state index contributed by atoms with van der Waals surface area (Å²) in [5.41, 5.74) is 2.41. The molecule has 4 heteroatoms. The number of thioether (sulfide) groups is 1. The lowest BCUT2D eigenvalue weighted by molar-refractivity contribution is 0.112. The van der Waals surface area contributed by atoms with Crippen molar-refractivity contribution in [3.8, 4) is 11.3 Å². The van der Waals surface area contributed by atoms with Gasteiger partial charge in [0.25, 0.3) is 0 Å². The third-order valence-electron chi connectivity index (χ3n) is 3.32. The van der Waals surface area contributed by atoms with Crippen LogP contribution in [0.2, 0.25) is 0 Å². The fourth-order valence-electron chi connectivity index (χ4n) is 2.31. The van der Waals surface area contributed by atoms with Crippen molar-refractivity contribution in [1.29, 1.82) is 0 Å². The molecule has 1 heterocycles. The molecule has 0 bridgehead atoms. The highest BCUT2D eigenvalue weighted by Crippen LogP contribution is 2.31. The second-order valence-electron chi connectivity index (χ2n) is 4.42. The molecule has 2 nitrogen and oxygen atoms in total. The van der Waals surface area contributed by atoms with Crippen molar-refractivity contribution in [3.05, 3.63) is 53.8 Å². The summed E-state index contributed by atoms with van der Waals surface area (Å²) in [4.78, 5) is 15.5. The van der Waals surface area contributed by atoms with Crippen LogP contribution in [-0.4, -0.2) is 17.5 Å². The number of fused-ring (bicyclic) bond motifs is 1. The number of halogens is 1. The minimum atomic E-state index is -0.349. The summed E-state index contributed by atoms with van der Waals surface area (Å²) in [7, 11) is 0. The van der Waals surface area contributed by atoms with Gasteiger partial charge in [-0.25, -0.2) is 4.39 Å². The van der Waals surface area contributed by atoms with Gasteiger partial charge in [0.2, 0.25) is 0 Å². The van der Waals surface area contributed by atoms with Crippen LogP contribution in [0.5, 0.6) is 0 Å². The van der Waals surface area contributed by atoms with E-state index in [0.29, 0.717) is 22.2 Å². The normalized spacial score (nSPS) is 10.9. The lowest BCUT2D eigenvalue weighted by Gasteiger charge is -2.01. The second-order valence-corrected chi connectivity index (χ2v) is 5.30. The average Bonchev–Trinajstić information content (AvgIpc) is 2.87. The van der Waals surface area contributed by atoms with Crippen LogP contribution in [0.25, 0.3) is 22.2 Å². The highest BCUT2D eigenvalue weighted by Gasteiger charge is 2.14. The van der Waals surface area contributed by atoms with Gasteiger partial charge in [-0.15, -0.1) is 11.8 Å². The van der Waals surface area contributed by atoms with Crippen molar-refractivity contribution >= 4 is 29.0 Å². The second kappa shape index (κ2) is 5.13. The maximum Gasteiger partial charge on any atom is 0.152 e. The lowest BCUT2D eigenvalue weighted by Crippen LogP contribution is -1.84. The fourth-order valence-corrected chi connectivity index (χ4v) is 2.72. The Morgan fingerprint density at radius 2 is 1.90 bits per heavy atom. The fraction of sp³-hybridized carbons (Fsp3) is 0.0625. The summed E-state index contributed by atoms with van der Waals surface area (Å²) in [5, 5.41) is 0.615. The number of hydrogen-bond donors (Lipinski definition) is 1. The topological polar surface area (TPSA) is 32.9 Å². The Morgan fingerprint density at radius 1 is 1.15 bits per heavy atom. The smallest absolute Gasteiger partial charge is 0.152 e. The summed E-state index contributed by atoms with van der Waals surface area (Å²) in [6, 6.07) is 12.6. The molecular formula is C16H12FNOS. The molecule has 0 aliphatic heterocycles. The van der Waals surface area contributed by atoms with Gasteiger partial charge >= 0.3 is 0 Å². The van der Waals surface area contributed by atoms with Crippen LogP contribution in [0.3, 0.4) is 0 Å². The van der Waals surface area contributed by atoms with E-state index < -0.39 is 0 Å². The average molecular weight is 285 g/mol. The SMILES string of the molecule is CSc1ccc(-c2[nH]c3c(F)cccc3c2C=O)cc1. The van der Waals surface area contributed by atoms with Gasteiger partial charge in [0.05, 0.1) is 11.2 Å². The third-order valence-corrected chi connectivity index (χ3v) is 4.06. The van der Waals surface area contributed by atoms with Crippen molar-refractivity contribution in [2.45, 2.75) is 4.90 Å². The van der Waals surface area contributed by atoms with E-state index in [4.69, 9.17) is 0 Å². The number of aldehydes is 1. The highest BCUT2D eigenvalue weighted by molar-refractivity contribution is 7.98. The number of H-pyrrole nitrogens is 1. The number of rotatable bonds is 3. The summed E-state index contributed by atoms with van der Waals surface area (Å²) in [6.45, 7) is 0. The van der Waals surface area contributed by atoms with Crippen molar-refractivity contribution in [1.82, 2.24) is 4.98 Å². The number of nitrogens with one attached hydrogen (secondary N) is 1. The molecule has 2 aromatic carbocycles. The van der Waals surface area contributed by atoms with Crippen LogP contribution in [0, 0.1) is 5.82 Å². The monoisotopic (exact) mass is 285 g/mol. The molecule has 0 amide bonds. The quantitative estimate of drug-likeness (QED) is 0.567. The first-order valence-corrected chi connectivity index (χ1v) is 7.37. The minimum absolute atomic E-state index is 0.349.